The Morgan fingerprint density at radius 3 is 2.82 bits per heavy atom. The Kier molecular flexibility index (Phi) is 5.66. The van der Waals surface area contributed by atoms with Crippen LogP contribution in [-0.4, -0.2) is 42.8 Å². The van der Waals surface area contributed by atoms with Crippen LogP contribution in [0.2, 0.25) is 0 Å². The summed E-state index contributed by atoms with van der Waals surface area (Å²) in [6.07, 6.45) is 2.60. The zero-order valence-electron chi connectivity index (χ0n) is 13.6. The van der Waals surface area contributed by atoms with Crippen LogP contribution in [0.15, 0.2) is 24.3 Å². The second kappa shape index (κ2) is 7.49. The van der Waals surface area contributed by atoms with Gasteiger partial charge in [0.05, 0.1) is 19.3 Å². The first-order valence-electron chi connectivity index (χ1n) is 7.85. The van der Waals surface area contributed by atoms with Gasteiger partial charge in [0.2, 0.25) is 0 Å². The highest BCUT2D eigenvalue weighted by Crippen LogP contribution is 2.27. The van der Waals surface area contributed by atoms with Crippen molar-refractivity contribution in [2.24, 2.45) is 5.92 Å². The summed E-state index contributed by atoms with van der Waals surface area (Å²) in [6.45, 7) is 2.53. The van der Waals surface area contributed by atoms with E-state index in [4.69, 9.17) is 4.74 Å². The molecule has 3 atom stereocenters. The summed E-state index contributed by atoms with van der Waals surface area (Å²) < 4.78 is 5.33. The van der Waals surface area contributed by atoms with Crippen molar-refractivity contribution in [1.82, 2.24) is 10.2 Å². The molecule has 0 saturated heterocycles. The second-order valence-corrected chi connectivity index (χ2v) is 6.05. The van der Waals surface area contributed by atoms with Gasteiger partial charge in [-0.15, -0.1) is 0 Å². The molecular weight excluding hydrogens is 280 g/mol. The number of amides is 2. The highest BCUT2D eigenvalue weighted by Gasteiger charge is 2.27. The van der Waals surface area contributed by atoms with Crippen LogP contribution in [0.1, 0.15) is 37.8 Å². The van der Waals surface area contributed by atoms with Crippen LogP contribution in [-0.2, 0) is 0 Å². The predicted molar refractivity (Wildman–Crippen MR) is 85.9 cm³/mol. The maximum Gasteiger partial charge on any atom is 0.317 e. The molecule has 5 nitrogen and oxygen atoms in total. The van der Waals surface area contributed by atoms with Crippen molar-refractivity contribution in [3.05, 3.63) is 29.8 Å². The largest absolute Gasteiger partial charge is 0.496 e. The molecule has 122 valence electrons. The van der Waals surface area contributed by atoms with Crippen molar-refractivity contribution in [2.75, 3.05) is 20.7 Å². The van der Waals surface area contributed by atoms with Crippen molar-refractivity contribution in [3.8, 4) is 5.75 Å². The fourth-order valence-electron chi connectivity index (χ4n) is 3.06. The smallest absolute Gasteiger partial charge is 0.317 e. The van der Waals surface area contributed by atoms with E-state index in [1.807, 2.05) is 31.2 Å². The molecule has 1 aromatic rings. The van der Waals surface area contributed by atoms with Gasteiger partial charge < -0.3 is 20.1 Å². The van der Waals surface area contributed by atoms with Crippen LogP contribution in [0.4, 0.5) is 4.79 Å². The lowest BCUT2D eigenvalue weighted by Crippen LogP contribution is -2.42. The van der Waals surface area contributed by atoms with E-state index in [1.165, 1.54) is 0 Å². The van der Waals surface area contributed by atoms with Crippen molar-refractivity contribution in [3.63, 3.8) is 0 Å². The molecule has 1 aromatic carbocycles. The lowest BCUT2D eigenvalue weighted by atomic mass is 10.1. The molecule has 0 heterocycles. The second-order valence-electron chi connectivity index (χ2n) is 6.05. The lowest BCUT2D eigenvalue weighted by Gasteiger charge is -2.26. The molecule has 2 rings (SSSR count). The first-order valence-corrected chi connectivity index (χ1v) is 7.85. The summed E-state index contributed by atoms with van der Waals surface area (Å²) in [5, 5.41) is 12.9. The average molecular weight is 306 g/mol. The van der Waals surface area contributed by atoms with Gasteiger partial charge in [-0.1, -0.05) is 24.6 Å². The zero-order valence-corrected chi connectivity index (χ0v) is 13.6. The number of para-hydroxylation sites is 1. The van der Waals surface area contributed by atoms with E-state index in [0.29, 0.717) is 6.54 Å². The number of carbonyl (C=O) groups excluding carboxylic acids is 1. The first-order chi connectivity index (χ1) is 10.5. The Hall–Kier alpha value is -1.75. The van der Waals surface area contributed by atoms with Gasteiger partial charge in [-0.05, 0) is 25.8 Å². The Morgan fingerprint density at radius 1 is 1.45 bits per heavy atom. The lowest BCUT2D eigenvalue weighted by molar-refractivity contribution is 0.113. The number of benzene rings is 1. The molecule has 0 aromatic heterocycles. The number of hydrogen-bond donors (Lipinski definition) is 2. The number of urea groups is 1. The Balaban J connectivity index is 1.92. The zero-order chi connectivity index (χ0) is 16.1. The SMILES string of the molecule is COc1ccccc1[C@H](C)NC(=O)N(C)C[C@H]1CCC[C@H]1O. The minimum absolute atomic E-state index is 0.127. The monoisotopic (exact) mass is 306 g/mol. The number of aliphatic hydroxyl groups excluding tert-OH is 1. The quantitative estimate of drug-likeness (QED) is 0.879. The van der Waals surface area contributed by atoms with Gasteiger partial charge in [0.25, 0.3) is 0 Å². The van der Waals surface area contributed by atoms with E-state index in [1.54, 1.807) is 19.1 Å². The molecule has 2 N–H and O–H groups in total. The van der Waals surface area contributed by atoms with E-state index in [0.717, 1.165) is 30.6 Å². The molecule has 22 heavy (non-hydrogen) atoms. The van der Waals surface area contributed by atoms with Crippen LogP contribution in [0.25, 0.3) is 0 Å². The van der Waals surface area contributed by atoms with Gasteiger partial charge in [-0.25, -0.2) is 4.79 Å². The van der Waals surface area contributed by atoms with Crippen LogP contribution in [0.5, 0.6) is 5.75 Å². The van der Waals surface area contributed by atoms with Gasteiger partial charge in [0, 0.05) is 25.1 Å². The van der Waals surface area contributed by atoms with E-state index >= 15 is 0 Å². The van der Waals surface area contributed by atoms with Gasteiger partial charge in [0.15, 0.2) is 0 Å². The molecular formula is C17H26N2O3. The molecule has 1 aliphatic rings. The molecule has 1 aliphatic carbocycles. The fraction of sp³-hybridized carbons (Fsp3) is 0.588. The molecule has 0 aliphatic heterocycles. The van der Waals surface area contributed by atoms with Gasteiger partial charge >= 0.3 is 6.03 Å². The number of aliphatic hydroxyl groups is 1. The van der Waals surface area contributed by atoms with E-state index in [2.05, 4.69) is 5.32 Å². The standard InChI is InChI=1S/C17H26N2O3/c1-12(14-8-4-5-10-16(14)22-3)18-17(21)19(2)11-13-7-6-9-15(13)20/h4-5,8,10,12-13,15,20H,6-7,9,11H2,1-3H3,(H,18,21)/t12-,13+,15+/m0/s1. The summed E-state index contributed by atoms with van der Waals surface area (Å²) in [4.78, 5) is 14.0. The Labute approximate surface area is 132 Å². The number of carbonyl (C=O) groups is 1. The number of methoxy groups -OCH3 is 1. The van der Waals surface area contributed by atoms with Crippen molar-refractivity contribution < 1.29 is 14.6 Å². The number of rotatable bonds is 5. The molecule has 5 heteroatoms. The normalized spacial score (nSPS) is 22.2. The third kappa shape index (κ3) is 3.91. The van der Waals surface area contributed by atoms with E-state index in [9.17, 15) is 9.90 Å². The number of hydrogen-bond acceptors (Lipinski definition) is 3. The van der Waals surface area contributed by atoms with E-state index in [-0.39, 0.29) is 24.1 Å². The Morgan fingerprint density at radius 2 is 2.18 bits per heavy atom. The first kappa shape index (κ1) is 16.6. The highest BCUT2D eigenvalue weighted by molar-refractivity contribution is 5.74. The molecule has 1 saturated carbocycles. The van der Waals surface area contributed by atoms with Crippen LogP contribution < -0.4 is 10.1 Å². The summed E-state index contributed by atoms with van der Waals surface area (Å²) in [5.74, 6) is 0.960. The van der Waals surface area contributed by atoms with Gasteiger partial charge in [0.1, 0.15) is 5.75 Å². The Bertz CT molecular complexity index is 506. The third-order valence-corrected chi connectivity index (χ3v) is 4.42. The van der Waals surface area contributed by atoms with Gasteiger partial charge in [-0.3, -0.25) is 0 Å². The predicted octanol–water partition coefficient (Wildman–Crippen LogP) is 2.56. The molecule has 0 spiro atoms. The molecule has 0 bridgehead atoms. The summed E-state index contributed by atoms with van der Waals surface area (Å²) in [7, 11) is 3.40. The summed E-state index contributed by atoms with van der Waals surface area (Å²) in [6, 6.07) is 7.40. The minimum atomic E-state index is -0.276. The maximum atomic E-state index is 12.3. The van der Waals surface area contributed by atoms with E-state index < -0.39 is 0 Å². The average Bonchev–Trinajstić information content (AvgIpc) is 2.92. The fourth-order valence-corrected chi connectivity index (χ4v) is 3.06. The number of nitrogens with one attached hydrogen (secondary N) is 1. The van der Waals surface area contributed by atoms with Gasteiger partial charge in [-0.2, -0.15) is 0 Å². The minimum Gasteiger partial charge on any atom is -0.496 e. The molecule has 2 amide bonds. The van der Waals surface area contributed by atoms with Crippen molar-refractivity contribution >= 4 is 6.03 Å². The molecule has 0 unspecified atom stereocenters. The highest BCUT2D eigenvalue weighted by atomic mass is 16.5. The van der Waals surface area contributed by atoms with Crippen molar-refractivity contribution in [1.29, 1.82) is 0 Å². The molecule has 0 radical (unpaired) electrons. The molecule has 1 fully saturated rings. The number of nitrogens with zero attached hydrogens (tertiary/aromatic N) is 1. The number of ether oxygens (including phenoxy) is 1. The summed E-state index contributed by atoms with van der Waals surface area (Å²) in [5.41, 5.74) is 0.952. The topological polar surface area (TPSA) is 61.8 Å². The van der Waals surface area contributed by atoms with Crippen LogP contribution in [0, 0.1) is 5.92 Å². The van der Waals surface area contributed by atoms with Crippen LogP contribution in [0.3, 0.4) is 0 Å². The van der Waals surface area contributed by atoms with Crippen molar-refractivity contribution in [2.45, 2.75) is 38.3 Å². The van der Waals surface area contributed by atoms with Crippen LogP contribution >= 0.6 is 0 Å². The summed E-state index contributed by atoms with van der Waals surface area (Å²) >= 11 is 0. The third-order valence-electron chi connectivity index (χ3n) is 4.42. The maximum absolute atomic E-state index is 12.3.